The van der Waals surface area contributed by atoms with E-state index in [1.807, 2.05) is 6.92 Å². The Morgan fingerprint density at radius 1 is 1.69 bits per heavy atom. The molecule has 0 aromatic carbocycles. The van der Waals surface area contributed by atoms with Crippen molar-refractivity contribution in [2.75, 3.05) is 13.1 Å². The zero-order chi connectivity index (χ0) is 12.0. The molecule has 0 radical (unpaired) electrons. The Morgan fingerprint density at radius 2 is 2.44 bits per heavy atom. The average Bonchev–Trinajstić information content (AvgIpc) is 2.64. The zero-order valence-corrected chi connectivity index (χ0v) is 9.66. The van der Waals surface area contributed by atoms with Gasteiger partial charge in [0, 0.05) is 13.0 Å². The first-order valence-electron chi connectivity index (χ1n) is 5.70. The van der Waals surface area contributed by atoms with Gasteiger partial charge in [-0.1, -0.05) is 19.3 Å². The van der Waals surface area contributed by atoms with E-state index < -0.39 is 0 Å². The Kier molecular flexibility index (Phi) is 4.84. The highest BCUT2D eigenvalue weighted by atomic mass is 16.2. The number of hydrogen-bond donors (Lipinski definition) is 1. The van der Waals surface area contributed by atoms with Crippen molar-refractivity contribution in [2.24, 2.45) is 0 Å². The number of amides is 2. The van der Waals surface area contributed by atoms with E-state index in [0.717, 1.165) is 19.3 Å². The van der Waals surface area contributed by atoms with Gasteiger partial charge in [-0.15, -0.1) is 6.42 Å². The summed E-state index contributed by atoms with van der Waals surface area (Å²) in [7, 11) is 0. The third-order valence-corrected chi connectivity index (χ3v) is 2.62. The van der Waals surface area contributed by atoms with Gasteiger partial charge in [0.15, 0.2) is 0 Å². The van der Waals surface area contributed by atoms with Gasteiger partial charge in [-0.05, 0) is 12.8 Å². The van der Waals surface area contributed by atoms with E-state index in [2.05, 4.69) is 11.2 Å². The van der Waals surface area contributed by atoms with Crippen LogP contribution in [0.2, 0.25) is 0 Å². The van der Waals surface area contributed by atoms with Crippen LogP contribution < -0.4 is 5.32 Å². The van der Waals surface area contributed by atoms with Crippen molar-refractivity contribution in [3.05, 3.63) is 0 Å². The van der Waals surface area contributed by atoms with Crippen LogP contribution in [-0.4, -0.2) is 35.8 Å². The van der Waals surface area contributed by atoms with Crippen molar-refractivity contribution in [3.8, 4) is 12.3 Å². The van der Waals surface area contributed by atoms with Gasteiger partial charge in [0.2, 0.25) is 11.8 Å². The molecule has 1 aliphatic rings. The molecule has 88 valence electrons. The Balaban J connectivity index is 2.35. The number of nitrogens with zero attached hydrogens (tertiary/aromatic N) is 1. The molecule has 4 nitrogen and oxygen atoms in total. The molecule has 1 rings (SSSR count). The lowest BCUT2D eigenvalue weighted by Gasteiger charge is -2.17. The van der Waals surface area contributed by atoms with Crippen LogP contribution in [0.4, 0.5) is 0 Å². The smallest absolute Gasteiger partial charge is 0.240 e. The molecule has 1 aliphatic heterocycles. The monoisotopic (exact) mass is 222 g/mol. The fourth-order valence-electron chi connectivity index (χ4n) is 1.77. The molecule has 2 amide bonds. The molecule has 1 atom stereocenters. The van der Waals surface area contributed by atoms with E-state index in [0.29, 0.717) is 13.0 Å². The van der Waals surface area contributed by atoms with Crippen molar-refractivity contribution in [2.45, 2.75) is 38.6 Å². The van der Waals surface area contributed by atoms with Gasteiger partial charge in [-0.3, -0.25) is 9.59 Å². The minimum absolute atomic E-state index is 0.0582. The SMILES string of the molecule is C#CC(CCC)NC(=O)CN1CCCC1=O. The average molecular weight is 222 g/mol. The number of rotatable bonds is 5. The van der Waals surface area contributed by atoms with Crippen molar-refractivity contribution in [1.29, 1.82) is 0 Å². The van der Waals surface area contributed by atoms with Crippen LogP contribution in [0.25, 0.3) is 0 Å². The number of carbonyl (C=O) groups is 2. The molecule has 0 aliphatic carbocycles. The summed E-state index contributed by atoms with van der Waals surface area (Å²) < 4.78 is 0. The maximum absolute atomic E-state index is 11.6. The van der Waals surface area contributed by atoms with Crippen LogP contribution in [0.3, 0.4) is 0 Å². The molecular weight excluding hydrogens is 204 g/mol. The first-order chi connectivity index (χ1) is 7.67. The molecule has 0 bridgehead atoms. The second-order valence-electron chi connectivity index (χ2n) is 3.99. The maximum Gasteiger partial charge on any atom is 0.240 e. The van der Waals surface area contributed by atoms with Crippen molar-refractivity contribution >= 4 is 11.8 Å². The summed E-state index contributed by atoms with van der Waals surface area (Å²) in [5.41, 5.74) is 0. The largest absolute Gasteiger partial charge is 0.341 e. The molecule has 0 aromatic heterocycles. The molecule has 16 heavy (non-hydrogen) atoms. The summed E-state index contributed by atoms with van der Waals surface area (Å²) in [6.07, 6.45) is 8.40. The molecule has 1 saturated heterocycles. The molecule has 0 spiro atoms. The van der Waals surface area contributed by atoms with Crippen LogP contribution in [-0.2, 0) is 9.59 Å². The Labute approximate surface area is 96.4 Å². The van der Waals surface area contributed by atoms with Gasteiger partial charge in [0.25, 0.3) is 0 Å². The normalized spacial score (nSPS) is 17.0. The Bertz CT molecular complexity index is 307. The summed E-state index contributed by atoms with van der Waals surface area (Å²) in [5.74, 6) is 2.43. The summed E-state index contributed by atoms with van der Waals surface area (Å²) in [6, 6.07) is -0.213. The first kappa shape index (κ1) is 12.6. The molecule has 0 saturated carbocycles. The molecule has 1 N–H and O–H groups in total. The van der Waals surface area contributed by atoms with Crippen LogP contribution >= 0.6 is 0 Å². The molecule has 1 fully saturated rings. The highest BCUT2D eigenvalue weighted by molar-refractivity contribution is 5.86. The van der Waals surface area contributed by atoms with E-state index in [1.54, 1.807) is 4.90 Å². The maximum atomic E-state index is 11.6. The number of likely N-dealkylation sites (tertiary alicyclic amines) is 1. The molecule has 0 aromatic rings. The van der Waals surface area contributed by atoms with Gasteiger partial charge < -0.3 is 10.2 Å². The molecule has 4 heteroatoms. The van der Waals surface area contributed by atoms with E-state index in [1.165, 1.54) is 0 Å². The molecular formula is C12H18N2O2. The highest BCUT2D eigenvalue weighted by Gasteiger charge is 2.22. The van der Waals surface area contributed by atoms with Gasteiger partial charge in [-0.25, -0.2) is 0 Å². The summed E-state index contributed by atoms with van der Waals surface area (Å²) >= 11 is 0. The van der Waals surface area contributed by atoms with Gasteiger partial charge in [0.1, 0.15) is 0 Å². The summed E-state index contributed by atoms with van der Waals surface area (Å²) in [5, 5.41) is 2.75. The summed E-state index contributed by atoms with van der Waals surface area (Å²) in [4.78, 5) is 24.5. The lowest BCUT2D eigenvalue weighted by atomic mass is 10.2. The summed E-state index contributed by atoms with van der Waals surface area (Å²) in [6.45, 7) is 2.84. The standard InChI is InChI=1S/C12H18N2O2/c1-3-6-10(4-2)13-11(15)9-14-8-5-7-12(14)16/h2,10H,3,5-9H2,1H3,(H,13,15). The number of terminal acetylenes is 1. The molecule has 1 heterocycles. The van der Waals surface area contributed by atoms with E-state index in [4.69, 9.17) is 6.42 Å². The van der Waals surface area contributed by atoms with Gasteiger partial charge in [-0.2, -0.15) is 0 Å². The number of hydrogen-bond acceptors (Lipinski definition) is 2. The Morgan fingerprint density at radius 3 is 2.94 bits per heavy atom. The number of carbonyl (C=O) groups excluding carboxylic acids is 2. The van der Waals surface area contributed by atoms with Crippen molar-refractivity contribution < 1.29 is 9.59 Å². The van der Waals surface area contributed by atoms with Gasteiger partial charge in [0.05, 0.1) is 12.6 Å². The highest BCUT2D eigenvalue weighted by Crippen LogP contribution is 2.08. The minimum Gasteiger partial charge on any atom is -0.341 e. The lowest BCUT2D eigenvalue weighted by Crippen LogP contribution is -2.42. The second kappa shape index (κ2) is 6.16. The third kappa shape index (κ3) is 3.58. The van der Waals surface area contributed by atoms with Crippen LogP contribution in [0.5, 0.6) is 0 Å². The van der Waals surface area contributed by atoms with Crippen molar-refractivity contribution in [3.63, 3.8) is 0 Å². The second-order valence-corrected chi connectivity index (χ2v) is 3.99. The fourth-order valence-corrected chi connectivity index (χ4v) is 1.77. The topological polar surface area (TPSA) is 49.4 Å². The zero-order valence-electron chi connectivity index (χ0n) is 9.66. The quantitative estimate of drug-likeness (QED) is 0.690. The van der Waals surface area contributed by atoms with E-state index >= 15 is 0 Å². The molecule has 1 unspecified atom stereocenters. The fraction of sp³-hybridized carbons (Fsp3) is 0.667. The minimum atomic E-state index is -0.213. The van der Waals surface area contributed by atoms with Crippen LogP contribution in [0.1, 0.15) is 32.6 Å². The lowest BCUT2D eigenvalue weighted by molar-refractivity contribution is -0.133. The van der Waals surface area contributed by atoms with Crippen LogP contribution in [0.15, 0.2) is 0 Å². The number of nitrogens with one attached hydrogen (secondary N) is 1. The Hall–Kier alpha value is -1.50. The predicted molar refractivity (Wildman–Crippen MR) is 61.5 cm³/mol. The first-order valence-corrected chi connectivity index (χ1v) is 5.70. The third-order valence-electron chi connectivity index (χ3n) is 2.62. The van der Waals surface area contributed by atoms with Gasteiger partial charge >= 0.3 is 0 Å². The van der Waals surface area contributed by atoms with E-state index in [-0.39, 0.29) is 24.4 Å². The van der Waals surface area contributed by atoms with E-state index in [9.17, 15) is 9.59 Å². The predicted octanol–water partition coefficient (Wildman–Crippen LogP) is 0.527. The van der Waals surface area contributed by atoms with Crippen LogP contribution in [0, 0.1) is 12.3 Å². The van der Waals surface area contributed by atoms with Crippen molar-refractivity contribution in [1.82, 2.24) is 10.2 Å².